The van der Waals surface area contributed by atoms with Crippen LogP contribution < -0.4 is 0 Å². The molecule has 0 unspecified atom stereocenters. The molecule has 0 spiro atoms. The zero-order valence-electron chi connectivity index (χ0n) is 13.6. The second-order valence-electron chi connectivity index (χ2n) is 6.00. The van der Waals surface area contributed by atoms with Gasteiger partial charge in [0.05, 0.1) is 13.0 Å². The van der Waals surface area contributed by atoms with Gasteiger partial charge in [-0.25, -0.2) is 0 Å². The predicted molar refractivity (Wildman–Crippen MR) is 88.0 cm³/mol. The molecule has 1 heterocycles. The zero-order valence-corrected chi connectivity index (χ0v) is 13.6. The lowest BCUT2D eigenvalue weighted by Gasteiger charge is -2.35. The van der Waals surface area contributed by atoms with Crippen molar-refractivity contribution in [2.24, 2.45) is 0 Å². The number of carbonyl (C=O) groups is 2. The largest absolute Gasteiger partial charge is 0.481 e. The highest BCUT2D eigenvalue weighted by atomic mass is 16.4. The number of amides is 1. The molecule has 0 radical (unpaired) electrons. The normalized spacial score (nSPS) is 16.2. The standard InChI is InChI=1S/C17H25N3O3/c1-18(8-7-17(22)23)16(21)14-20-11-9-19(10-12-20)13-15-5-3-2-4-6-15/h2-6H,7-14H2,1H3,(H,22,23). The number of piperazine rings is 1. The van der Waals surface area contributed by atoms with Crippen molar-refractivity contribution in [2.45, 2.75) is 13.0 Å². The number of benzene rings is 1. The van der Waals surface area contributed by atoms with E-state index in [1.54, 1.807) is 7.05 Å². The third kappa shape index (κ3) is 6.00. The molecule has 0 aromatic heterocycles. The number of carbonyl (C=O) groups excluding carboxylic acids is 1. The monoisotopic (exact) mass is 319 g/mol. The second kappa shape index (κ2) is 8.64. The Morgan fingerprint density at radius 2 is 1.70 bits per heavy atom. The van der Waals surface area contributed by atoms with Gasteiger partial charge in [-0.1, -0.05) is 30.3 Å². The van der Waals surface area contributed by atoms with E-state index in [0.29, 0.717) is 6.54 Å². The Bertz CT molecular complexity index is 513. The Hall–Kier alpha value is -1.92. The molecule has 6 heteroatoms. The van der Waals surface area contributed by atoms with Gasteiger partial charge in [-0.05, 0) is 5.56 Å². The van der Waals surface area contributed by atoms with E-state index in [9.17, 15) is 9.59 Å². The van der Waals surface area contributed by atoms with Crippen LogP contribution in [0.25, 0.3) is 0 Å². The Balaban J connectivity index is 1.70. The quantitative estimate of drug-likeness (QED) is 0.803. The lowest BCUT2D eigenvalue weighted by Crippen LogP contribution is -2.49. The van der Waals surface area contributed by atoms with Crippen molar-refractivity contribution >= 4 is 11.9 Å². The van der Waals surface area contributed by atoms with Crippen molar-refractivity contribution in [1.29, 1.82) is 0 Å². The van der Waals surface area contributed by atoms with Crippen LogP contribution in [0.2, 0.25) is 0 Å². The molecule has 1 saturated heterocycles. The number of carboxylic acid groups (broad SMARTS) is 1. The number of nitrogens with zero attached hydrogens (tertiary/aromatic N) is 3. The molecule has 1 aromatic carbocycles. The molecule has 1 N–H and O–H groups in total. The topological polar surface area (TPSA) is 64.1 Å². The van der Waals surface area contributed by atoms with E-state index in [1.165, 1.54) is 10.5 Å². The van der Waals surface area contributed by atoms with Gasteiger partial charge in [0.15, 0.2) is 0 Å². The van der Waals surface area contributed by atoms with Crippen LogP contribution in [0.4, 0.5) is 0 Å². The Labute approximate surface area is 137 Å². The lowest BCUT2D eigenvalue weighted by atomic mass is 10.2. The van der Waals surface area contributed by atoms with Crippen molar-refractivity contribution in [3.8, 4) is 0 Å². The summed E-state index contributed by atoms with van der Waals surface area (Å²) in [5.41, 5.74) is 1.31. The average Bonchev–Trinajstić information content (AvgIpc) is 2.55. The van der Waals surface area contributed by atoms with Gasteiger partial charge in [0.1, 0.15) is 0 Å². The first kappa shape index (κ1) is 17.4. The van der Waals surface area contributed by atoms with Crippen molar-refractivity contribution in [3.05, 3.63) is 35.9 Å². The fourth-order valence-corrected chi connectivity index (χ4v) is 2.65. The van der Waals surface area contributed by atoms with E-state index in [4.69, 9.17) is 5.11 Å². The molecule has 1 aliphatic rings. The summed E-state index contributed by atoms with van der Waals surface area (Å²) in [6.45, 7) is 5.21. The van der Waals surface area contributed by atoms with Gasteiger partial charge >= 0.3 is 5.97 Å². The molecule has 2 rings (SSSR count). The lowest BCUT2D eigenvalue weighted by molar-refractivity contribution is -0.138. The minimum absolute atomic E-state index is 0.00685. The SMILES string of the molecule is CN(CCC(=O)O)C(=O)CN1CCN(Cc2ccccc2)CC1. The average molecular weight is 319 g/mol. The van der Waals surface area contributed by atoms with E-state index < -0.39 is 5.97 Å². The van der Waals surface area contributed by atoms with Crippen molar-refractivity contribution in [2.75, 3.05) is 46.3 Å². The third-order valence-electron chi connectivity index (χ3n) is 4.16. The summed E-state index contributed by atoms with van der Waals surface area (Å²) < 4.78 is 0. The van der Waals surface area contributed by atoms with Crippen molar-refractivity contribution in [1.82, 2.24) is 14.7 Å². The maximum absolute atomic E-state index is 12.1. The van der Waals surface area contributed by atoms with Crippen LogP contribution in [-0.4, -0.2) is 78.0 Å². The van der Waals surface area contributed by atoms with Crippen molar-refractivity contribution in [3.63, 3.8) is 0 Å². The molecule has 1 fully saturated rings. The Kier molecular flexibility index (Phi) is 6.55. The fourth-order valence-electron chi connectivity index (χ4n) is 2.65. The molecule has 1 aliphatic heterocycles. The molecule has 0 atom stereocenters. The van der Waals surface area contributed by atoms with Crippen LogP contribution in [0, 0.1) is 0 Å². The van der Waals surface area contributed by atoms with Crippen LogP contribution in [0.3, 0.4) is 0 Å². The molecular weight excluding hydrogens is 294 g/mol. The van der Waals surface area contributed by atoms with Crippen LogP contribution in [-0.2, 0) is 16.1 Å². The fraction of sp³-hybridized carbons (Fsp3) is 0.529. The summed E-state index contributed by atoms with van der Waals surface area (Å²) in [4.78, 5) is 28.7. The third-order valence-corrected chi connectivity index (χ3v) is 4.16. The Morgan fingerprint density at radius 1 is 1.09 bits per heavy atom. The summed E-state index contributed by atoms with van der Waals surface area (Å²) >= 11 is 0. The van der Waals surface area contributed by atoms with E-state index in [-0.39, 0.29) is 18.9 Å². The minimum atomic E-state index is -0.876. The maximum Gasteiger partial charge on any atom is 0.305 e. The molecule has 1 aromatic rings. The maximum atomic E-state index is 12.1. The first-order valence-corrected chi connectivity index (χ1v) is 7.99. The first-order valence-electron chi connectivity index (χ1n) is 7.99. The summed E-state index contributed by atoms with van der Waals surface area (Å²) in [5, 5.41) is 8.66. The molecule has 0 aliphatic carbocycles. The number of hydrogen-bond acceptors (Lipinski definition) is 4. The van der Waals surface area contributed by atoms with Gasteiger partial charge in [-0.15, -0.1) is 0 Å². The molecular formula is C17H25N3O3. The highest BCUT2D eigenvalue weighted by Gasteiger charge is 2.20. The minimum Gasteiger partial charge on any atom is -0.481 e. The van der Waals surface area contributed by atoms with E-state index in [1.807, 2.05) is 6.07 Å². The first-order chi connectivity index (χ1) is 11.0. The zero-order chi connectivity index (χ0) is 16.7. The number of carboxylic acids is 1. The van der Waals surface area contributed by atoms with Gasteiger partial charge in [0.2, 0.25) is 5.91 Å². The van der Waals surface area contributed by atoms with Gasteiger partial charge < -0.3 is 10.0 Å². The van der Waals surface area contributed by atoms with Gasteiger partial charge in [-0.3, -0.25) is 19.4 Å². The highest BCUT2D eigenvalue weighted by Crippen LogP contribution is 2.08. The molecule has 23 heavy (non-hydrogen) atoms. The summed E-state index contributed by atoms with van der Waals surface area (Å²) in [6.07, 6.45) is -0.00685. The van der Waals surface area contributed by atoms with Gasteiger partial charge in [0.25, 0.3) is 0 Å². The number of hydrogen-bond donors (Lipinski definition) is 1. The van der Waals surface area contributed by atoms with Crippen LogP contribution in [0.5, 0.6) is 0 Å². The smallest absolute Gasteiger partial charge is 0.305 e. The number of likely N-dealkylation sites (N-methyl/N-ethyl adjacent to an activating group) is 1. The summed E-state index contributed by atoms with van der Waals surface area (Å²) in [5.74, 6) is -0.887. The van der Waals surface area contributed by atoms with Crippen LogP contribution in [0.1, 0.15) is 12.0 Å². The summed E-state index contributed by atoms with van der Waals surface area (Å²) in [7, 11) is 1.66. The molecule has 126 valence electrons. The number of rotatable bonds is 7. The predicted octanol–water partition coefficient (Wildman–Crippen LogP) is 0.737. The second-order valence-corrected chi connectivity index (χ2v) is 6.00. The molecule has 6 nitrogen and oxygen atoms in total. The van der Waals surface area contributed by atoms with Gasteiger partial charge in [0, 0.05) is 46.3 Å². The Morgan fingerprint density at radius 3 is 2.30 bits per heavy atom. The van der Waals surface area contributed by atoms with E-state index in [0.717, 1.165) is 32.7 Å². The van der Waals surface area contributed by atoms with Crippen molar-refractivity contribution < 1.29 is 14.7 Å². The highest BCUT2D eigenvalue weighted by molar-refractivity contribution is 5.78. The molecule has 1 amide bonds. The van der Waals surface area contributed by atoms with Crippen LogP contribution in [0.15, 0.2) is 30.3 Å². The number of aliphatic carboxylic acids is 1. The molecule has 0 bridgehead atoms. The van der Waals surface area contributed by atoms with Gasteiger partial charge in [-0.2, -0.15) is 0 Å². The molecule has 0 saturated carbocycles. The van der Waals surface area contributed by atoms with E-state index in [2.05, 4.69) is 34.1 Å². The van der Waals surface area contributed by atoms with Crippen LogP contribution >= 0.6 is 0 Å². The van der Waals surface area contributed by atoms with E-state index >= 15 is 0 Å². The summed E-state index contributed by atoms with van der Waals surface area (Å²) in [6, 6.07) is 10.4.